The molecule has 1 heterocycles. The minimum atomic E-state index is 0.0203. The Morgan fingerprint density at radius 1 is 1.47 bits per heavy atom. The fourth-order valence-electron chi connectivity index (χ4n) is 2.70. The van der Waals surface area contributed by atoms with Gasteiger partial charge in [0.25, 0.3) is 5.91 Å². The Morgan fingerprint density at radius 2 is 2.26 bits per heavy atom. The average Bonchev–Trinajstić information content (AvgIpc) is 2.36. The smallest absolute Gasteiger partial charge is 0.251 e. The molecule has 1 amide bonds. The second-order valence-electron chi connectivity index (χ2n) is 6.18. The lowest BCUT2D eigenvalue weighted by Crippen LogP contribution is -2.52. The largest absolute Gasteiger partial charge is 0.350 e. The molecular weight excluding hydrogens is 236 g/mol. The Morgan fingerprint density at radius 3 is 2.95 bits per heavy atom. The molecule has 1 aliphatic rings. The zero-order chi connectivity index (χ0) is 13.9. The van der Waals surface area contributed by atoms with Crippen molar-refractivity contribution in [3.8, 4) is 0 Å². The van der Waals surface area contributed by atoms with E-state index in [2.05, 4.69) is 24.5 Å². The summed E-state index contributed by atoms with van der Waals surface area (Å²) in [5.41, 5.74) is 2.11. The number of amides is 1. The maximum Gasteiger partial charge on any atom is 0.251 e. The highest BCUT2D eigenvalue weighted by molar-refractivity contribution is 5.94. The van der Waals surface area contributed by atoms with Crippen molar-refractivity contribution in [2.24, 2.45) is 5.41 Å². The normalized spacial score (nSPS) is 21.9. The van der Waals surface area contributed by atoms with Gasteiger partial charge in [-0.3, -0.25) is 4.79 Å². The van der Waals surface area contributed by atoms with Crippen LogP contribution in [0.4, 0.5) is 0 Å². The summed E-state index contributed by atoms with van der Waals surface area (Å²) >= 11 is 0. The zero-order valence-corrected chi connectivity index (χ0v) is 12.1. The van der Waals surface area contributed by atoms with E-state index in [0.717, 1.165) is 17.7 Å². The summed E-state index contributed by atoms with van der Waals surface area (Å²) in [5, 5.41) is 6.56. The third-order valence-electron chi connectivity index (χ3n) is 4.08. The van der Waals surface area contributed by atoms with E-state index in [0.29, 0.717) is 12.6 Å². The first-order valence-electron chi connectivity index (χ1n) is 7.07. The van der Waals surface area contributed by atoms with Crippen LogP contribution in [0.2, 0.25) is 0 Å². The van der Waals surface area contributed by atoms with Gasteiger partial charge in [-0.1, -0.05) is 31.5 Å². The summed E-state index contributed by atoms with van der Waals surface area (Å²) in [6.07, 6.45) is 2.43. The minimum absolute atomic E-state index is 0.0203. The van der Waals surface area contributed by atoms with Gasteiger partial charge >= 0.3 is 0 Å². The van der Waals surface area contributed by atoms with Crippen molar-refractivity contribution < 1.29 is 4.79 Å². The molecule has 0 saturated carbocycles. The molecule has 2 rings (SSSR count). The number of rotatable bonds is 3. The van der Waals surface area contributed by atoms with Crippen molar-refractivity contribution in [1.29, 1.82) is 0 Å². The Balaban J connectivity index is 1.93. The van der Waals surface area contributed by atoms with Crippen LogP contribution in [0.15, 0.2) is 24.3 Å². The highest BCUT2D eigenvalue weighted by Crippen LogP contribution is 2.29. The monoisotopic (exact) mass is 260 g/mol. The first-order chi connectivity index (χ1) is 8.99. The van der Waals surface area contributed by atoms with E-state index in [4.69, 9.17) is 0 Å². The van der Waals surface area contributed by atoms with E-state index in [1.165, 1.54) is 12.8 Å². The molecule has 3 nitrogen and oxygen atoms in total. The third kappa shape index (κ3) is 3.57. The Kier molecular flexibility index (Phi) is 4.25. The summed E-state index contributed by atoms with van der Waals surface area (Å²) in [5.74, 6) is 0.0203. The molecule has 1 atom stereocenters. The fraction of sp³-hybridized carbons (Fsp3) is 0.562. The predicted octanol–water partition coefficient (Wildman–Crippen LogP) is 2.50. The van der Waals surface area contributed by atoms with Gasteiger partial charge in [0.2, 0.25) is 0 Å². The van der Waals surface area contributed by atoms with E-state index in [1.807, 2.05) is 31.2 Å². The lowest BCUT2D eigenvalue weighted by Gasteiger charge is -2.39. The van der Waals surface area contributed by atoms with Crippen LogP contribution in [-0.4, -0.2) is 25.0 Å². The Hall–Kier alpha value is -1.35. The van der Waals surface area contributed by atoms with Crippen LogP contribution in [-0.2, 0) is 0 Å². The van der Waals surface area contributed by atoms with Gasteiger partial charge in [0.05, 0.1) is 0 Å². The van der Waals surface area contributed by atoms with Crippen LogP contribution in [0.25, 0.3) is 0 Å². The van der Waals surface area contributed by atoms with E-state index in [1.54, 1.807) is 0 Å². The fourth-order valence-corrected chi connectivity index (χ4v) is 2.70. The quantitative estimate of drug-likeness (QED) is 0.876. The molecule has 1 saturated heterocycles. The van der Waals surface area contributed by atoms with Gasteiger partial charge in [0.1, 0.15) is 0 Å². The predicted molar refractivity (Wildman–Crippen MR) is 78.3 cm³/mol. The number of aryl methyl sites for hydroxylation is 1. The van der Waals surface area contributed by atoms with Crippen LogP contribution in [0.1, 0.15) is 42.6 Å². The van der Waals surface area contributed by atoms with Crippen LogP contribution in [0.3, 0.4) is 0 Å². The van der Waals surface area contributed by atoms with E-state index < -0.39 is 0 Å². The topological polar surface area (TPSA) is 41.1 Å². The van der Waals surface area contributed by atoms with E-state index >= 15 is 0 Å². The van der Waals surface area contributed by atoms with Crippen LogP contribution >= 0.6 is 0 Å². The Labute approximate surface area is 115 Å². The average molecular weight is 260 g/mol. The number of carbonyl (C=O) groups is 1. The van der Waals surface area contributed by atoms with Crippen molar-refractivity contribution in [2.45, 2.75) is 39.7 Å². The maximum absolute atomic E-state index is 12.1. The molecule has 104 valence electrons. The summed E-state index contributed by atoms with van der Waals surface area (Å²) in [6, 6.07) is 8.07. The van der Waals surface area contributed by atoms with Crippen LogP contribution < -0.4 is 10.6 Å². The molecule has 1 aliphatic heterocycles. The van der Waals surface area contributed by atoms with Crippen molar-refractivity contribution in [2.75, 3.05) is 13.1 Å². The zero-order valence-electron chi connectivity index (χ0n) is 12.1. The number of hydrogen-bond acceptors (Lipinski definition) is 2. The molecule has 0 aromatic heterocycles. The SMILES string of the molecule is Cc1cccc(C(=O)NCC2NCCCC2(C)C)c1. The summed E-state index contributed by atoms with van der Waals surface area (Å²) < 4.78 is 0. The second kappa shape index (κ2) is 5.74. The van der Waals surface area contributed by atoms with Crippen molar-refractivity contribution >= 4 is 5.91 Å². The van der Waals surface area contributed by atoms with Crippen molar-refractivity contribution in [3.05, 3.63) is 35.4 Å². The number of benzene rings is 1. The van der Waals surface area contributed by atoms with Gasteiger partial charge in [-0.15, -0.1) is 0 Å². The Bertz CT molecular complexity index is 454. The standard InChI is InChI=1S/C16H24N2O/c1-12-6-4-7-13(10-12)15(19)18-11-14-16(2,3)8-5-9-17-14/h4,6-7,10,14,17H,5,8-9,11H2,1-3H3,(H,18,19). The van der Waals surface area contributed by atoms with Gasteiger partial charge in [-0.05, 0) is 43.9 Å². The number of piperidine rings is 1. The molecule has 1 aromatic rings. The molecule has 1 aromatic carbocycles. The summed E-state index contributed by atoms with van der Waals surface area (Å²) in [6.45, 7) is 8.28. The molecule has 0 radical (unpaired) electrons. The summed E-state index contributed by atoms with van der Waals surface area (Å²) in [7, 11) is 0. The van der Waals surface area contributed by atoms with E-state index in [-0.39, 0.29) is 11.3 Å². The van der Waals surface area contributed by atoms with E-state index in [9.17, 15) is 4.79 Å². The third-order valence-corrected chi connectivity index (χ3v) is 4.08. The molecular formula is C16H24N2O. The minimum Gasteiger partial charge on any atom is -0.350 e. The first-order valence-corrected chi connectivity index (χ1v) is 7.07. The molecule has 1 unspecified atom stereocenters. The first kappa shape index (κ1) is 14.1. The molecule has 3 heteroatoms. The number of carbonyl (C=O) groups excluding carboxylic acids is 1. The molecule has 2 N–H and O–H groups in total. The van der Waals surface area contributed by atoms with Gasteiger partial charge in [0.15, 0.2) is 0 Å². The van der Waals surface area contributed by atoms with Gasteiger partial charge in [0, 0.05) is 18.2 Å². The molecule has 19 heavy (non-hydrogen) atoms. The van der Waals surface area contributed by atoms with Crippen molar-refractivity contribution in [3.63, 3.8) is 0 Å². The highest BCUT2D eigenvalue weighted by Gasteiger charge is 2.31. The van der Waals surface area contributed by atoms with Crippen molar-refractivity contribution in [1.82, 2.24) is 10.6 Å². The molecule has 0 aliphatic carbocycles. The van der Waals surface area contributed by atoms with Crippen LogP contribution in [0.5, 0.6) is 0 Å². The molecule has 0 spiro atoms. The number of nitrogens with one attached hydrogen (secondary N) is 2. The van der Waals surface area contributed by atoms with Gasteiger partial charge in [-0.2, -0.15) is 0 Å². The molecule has 0 bridgehead atoms. The van der Waals surface area contributed by atoms with Crippen LogP contribution in [0, 0.1) is 12.3 Å². The lowest BCUT2D eigenvalue weighted by molar-refractivity contribution is 0.0929. The second-order valence-corrected chi connectivity index (χ2v) is 6.18. The maximum atomic E-state index is 12.1. The lowest BCUT2D eigenvalue weighted by atomic mass is 9.77. The summed E-state index contributed by atoms with van der Waals surface area (Å²) in [4.78, 5) is 12.1. The van der Waals surface area contributed by atoms with Gasteiger partial charge < -0.3 is 10.6 Å². The molecule has 1 fully saturated rings. The highest BCUT2D eigenvalue weighted by atomic mass is 16.1. The number of hydrogen-bond donors (Lipinski definition) is 2. The van der Waals surface area contributed by atoms with Gasteiger partial charge in [-0.25, -0.2) is 0 Å².